The number of amides is 2. The van der Waals surface area contributed by atoms with Crippen molar-refractivity contribution in [1.29, 1.82) is 0 Å². The standard InChI is InChI=1S/C12H23N3O2/c1-3-13-6-5-12(17)15-8-4-7-14(9-10-15)11(2)16/h13H,3-10H2,1-2H3. The monoisotopic (exact) mass is 241 g/mol. The fraction of sp³-hybridized carbons (Fsp3) is 0.833. The first-order chi connectivity index (χ1) is 8.15. The van der Waals surface area contributed by atoms with Crippen LogP contribution in [0.5, 0.6) is 0 Å². The number of hydrogen-bond acceptors (Lipinski definition) is 3. The first-order valence-electron chi connectivity index (χ1n) is 6.39. The lowest BCUT2D eigenvalue weighted by atomic mass is 10.3. The normalized spacial score (nSPS) is 16.8. The third kappa shape index (κ3) is 4.73. The predicted molar refractivity (Wildman–Crippen MR) is 66.6 cm³/mol. The molecule has 0 aromatic heterocycles. The van der Waals surface area contributed by atoms with E-state index in [9.17, 15) is 9.59 Å². The largest absolute Gasteiger partial charge is 0.341 e. The molecule has 0 bridgehead atoms. The van der Waals surface area contributed by atoms with Gasteiger partial charge in [-0.2, -0.15) is 0 Å². The van der Waals surface area contributed by atoms with Crippen LogP contribution in [0.1, 0.15) is 26.7 Å². The molecule has 1 aliphatic rings. The summed E-state index contributed by atoms with van der Waals surface area (Å²) in [4.78, 5) is 26.8. The van der Waals surface area contributed by atoms with Crippen LogP contribution in [0.3, 0.4) is 0 Å². The van der Waals surface area contributed by atoms with Crippen LogP contribution in [-0.4, -0.2) is 60.9 Å². The van der Waals surface area contributed by atoms with Crippen LogP contribution in [0.4, 0.5) is 0 Å². The Morgan fingerprint density at radius 2 is 1.76 bits per heavy atom. The molecule has 98 valence electrons. The van der Waals surface area contributed by atoms with Crippen molar-refractivity contribution < 1.29 is 9.59 Å². The minimum atomic E-state index is 0.104. The molecule has 2 amide bonds. The Morgan fingerprint density at radius 1 is 1.12 bits per heavy atom. The van der Waals surface area contributed by atoms with E-state index in [-0.39, 0.29) is 11.8 Å². The van der Waals surface area contributed by atoms with Crippen molar-refractivity contribution in [3.05, 3.63) is 0 Å². The van der Waals surface area contributed by atoms with E-state index >= 15 is 0 Å². The fourth-order valence-electron chi connectivity index (χ4n) is 2.01. The van der Waals surface area contributed by atoms with Gasteiger partial charge in [-0.05, 0) is 13.0 Å². The van der Waals surface area contributed by atoms with Crippen LogP contribution in [-0.2, 0) is 9.59 Å². The van der Waals surface area contributed by atoms with Gasteiger partial charge in [0.25, 0.3) is 0 Å². The van der Waals surface area contributed by atoms with Gasteiger partial charge in [-0.25, -0.2) is 0 Å². The van der Waals surface area contributed by atoms with Gasteiger partial charge in [0, 0.05) is 46.1 Å². The topological polar surface area (TPSA) is 52.7 Å². The third-order valence-electron chi connectivity index (χ3n) is 3.06. The van der Waals surface area contributed by atoms with E-state index in [1.807, 2.05) is 16.7 Å². The first-order valence-corrected chi connectivity index (χ1v) is 6.39. The van der Waals surface area contributed by atoms with Gasteiger partial charge in [0.15, 0.2) is 0 Å². The second-order valence-corrected chi connectivity index (χ2v) is 4.34. The summed E-state index contributed by atoms with van der Waals surface area (Å²) in [5.41, 5.74) is 0. The van der Waals surface area contributed by atoms with E-state index < -0.39 is 0 Å². The van der Waals surface area contributed by atoms with Gasteiger partial charge in [-0.1, -0.05) is 6.92 Å². The molecule has 5 nitrogen and oxygen atoms in total. The first kappa shape index (κ1) is 14.0. The number of nitrogens with zero attached hydrogens (tertiary/aromatic N) is 2. The average Bonchev–Trinajstić information content (AvgIpc) is 2.54. The zero-order valence-corrected chi connectivity index (χ0v) is 10.9. The zero-order chi connectivity index (χ0) is 12.7. The molecule has 0 aromatic rings. The highest BCUT2D eigenvalue weighted by Gasteiger charge is 2.19. The summed E-state index contributed by atoms with van der Waals surface area (Å²) >= 11 is 0. The van der Waals surface area contributed by atoms with Gasteiger partial charge >= 0.3 is 0 Å². The molecule has 0 atom stereocenters. The summed E-state index contributed by atoms with van der Waals surface area (Å²) in [6.45, 7) is 8.13. The van der Waals surface area contributed by atoms with Crippen molar-refractivity contribution in [2.24, 2.45) is 0 Å². The Balaban J connectivity index is 2.34. The van der Waals surface area contributed by atoms with Gasteiger partial charge in [0.05, 0.1) is 0 Å². The molecule has 1 N–H and O–H groups in total. The Bertz CT molecular complexity index is 268. The molecular weight excluding hydrogens is 218 g/mol. The Morgan fingerprint density at radius 3 is 2.41 bits per heavy atom. The van der Waals surface area contributed by atoms with Gasteiger partial charge in [0.2, 0.25) is 11.8 Å². The van der Waals surface area contributed by atoms with E-state index in [4.69, 9.17) is 0 Å². The molecule has 1 aliphatic heterocycles. The smallest absolute Gasteiger partial charge is 0.223 e. The molecule has 1 saturated heterocycles. The molecule has 1 heterocycles. The summed E-state index contributed by atoms with van der Waals surface area (Å²) in [5, 5.41) is 3.15. The molecule has 1 fully saturated rings. The summed E-state index contributed by atoms with van der Waals surface area (Å²) < 4.78 is 0. The van der Waals surface area contributed by atoms with Crippen LogP contribution in [0.2, 0.25) is 0 Å². The van der Waals surface area contributed by atoms with Crippen LogP contribution < -0.4 is 5.32 Å². The van der Waals surface area contributed by atoms with E-state index in [0.717, 1.165) is 32.6 Å². The molecule has 0 radical (unpaired) electrons. The maximum Gasteiger partial charge on any atom is 0.223 e. The van der Waals surface area contributed by atoms with Crippen molar-refractivity contribution >= 4 is 11.8 Å². The number of hydrogen-bond donors (Lipinski definition) is 1. The van der Waals surface area contributed by atoms with Crippen LogP contribution in [0, 0.1) is 0 Å². The van der Waals surface area contributed by atoms with Gasteiger partial charge in [-0.3, -0.25) is 9.59 Å². The SMILES string of the molecule is CCNCCC(=O)N1CCCN(C(C)=O)CC1. The van der Waals surface area contributed by atoms with Crippen LogP contribution in [0.15, 0.2) is 0 Å². The minimum Gasteiger partial charge on any atom is -0.341 e. The molecule has 0 aliphatic carbocycles. The zero-order valence-electron chi connectivity index (χ0n) is 10.9. The van der Waals surface area contributed by atoms with Gasteiger partial charge in [0.1, 0.15) is 0 Å². The molecule has 5 heteroatoms. The van der Waals surface area contributed by atoms with Gasteiger partial charge < -0.3 is 15.1 Å². The lowest BCUT2D eigenvalue weighted by Gasteiger charge is -2.21. The van der Waals surface area contributed by atoms with Crippen LogP contribution >= 0.6 is 0 Å². The minimum absolute atomic E-state index is 0.104. The average molecular weight is 241 g/mol. The molecule has 0 spiro atoms. The van der Waals surface area contributed by atoms with Crippen molar-refractivity contribution in [2.45, 2.75) is 26.7 Å². The molecule has 0 aromatic carbocycles. The Labute approximate surface area is 103 Å². The summed E-state index contributed by atoms with van der Waals surface area (Å²) in [6.07, 6.45) is 1.43. The van der Waals surface area contributed by atoms with Crippen molar-refractivity contribution in [3.8, 4) is 0 Å². The quantitative estimate of drug-likeness (QED) is 0.709. The van der Waals surface area contributed by atoms with Crippen molar-refractivity contribution in [3.63, 3.8) is 0 Å². The maximum atomic E-state index is 11.9. The maximum absolute atomic E-state index is 11.9. The fourth-order valence-corrected chi connectivity index (χ4v) is 2.01. The predicted octanol–water partition coefficient (Wildman–Crippen LogP) is 0.0668. The second kappa shape index (κ2) is 7.27. The third-order valence-corrected chi connectivity index (χ3v) is 3.06. The van der Waals surface area contributed by atoms with E-state index in [1.54, 1.807) is 6.92 Å². The van der Waals surface area contributed by atoms with E-state index in [1.165, 1.54) is 0 Å². The number of carbonyl (C=O) groups excluding carboxylic acids is 2. The Kier molecular flexibility index (Phi) is 5.97. The number of nitrogens with one attached hydrogen (secondary N) is 1. The molecule has 17 heavy (non-hydrogen) atoms. The lowest BCUT2D eigenvalue weighted by molar-refractivity contribution is -0.132. The molecular formula is C12H23N3O2. The van der Waals surface area contributed by atoms with E-state index in [0.29, 0.717) is 19.5 Å². The Hall–Kier alpha value is -1.10. The van der Waals surface area contributed by atoms with Gasteiger partial charge in [-0.15, -0.1) is 0 Å². The lowest BCUT2D eigenvalue weighted by Crippen LogP contribution is -2.37. The highest BCUT2D eigenvalue weighted by Crippen LogP contribution is 2.04. The second-order valence-electron chi connectivity index (χ2n) is 4.34. The van der Waals surface area contributed by atoms with Crippen LogP contribution in [0.25, 0.3) is 0 Å². The molecule has 0 saturated carbocycles. The summed E-state index contributed by atoms with van der Waals surface area (Å²) in [7, 11) is 0. The highest BCUT2D eigenvalue weighted by atomic mass is 16.2. The van der Waals surface area contributed by atoms with Crippen molar-refractivity contribution in [2.75, 3.05) is 39.3 Å². The van der Waals surface area contributed by atoms with Crippen molar-refractivity contribution in [1.82, 2.24) is 15.1 Å². The summed E-state index contributed by atoms with van der Waals surface area (Å²) in [5.74, 6) is 0.295. The highest BCUT2D eigenvalue weighted by molar-refractivity contribution is 5.77. The molecule has 1 rings (SSSR count). The molecule has 0 unspecified atom stereocenters. The number of rotatable bonds is 4. The van der Waals surface area contributed by atoms with E-state index in [2.05, 4.69) is 5.32 Å². The number of carbonyl (C=O) groups is 2. The summed E-state index contributed by atoms with van der Waals surface area (Å²) in [6, 6.07) is 0.